The van der Waals surface area contributed by atoms with Gasteiger partial charge in [-0.25, -0.2) is 0 Å². The molecule has 2 unspecified atom stereocenters. The first-order valence-corrected chi connectivity index (χ1v) is 18.2. The minimum atomic E-state index is -0.362. The third kappa shape index (κ3) is 7.23. The molecule has 0 fully saturated rings. The highest BCUT2D eigenvalue weighted by atomic mass is 16.3. The quantitative estimate of drug-likeness (QED) is 0.101. The lowest BCUT2D eigenvalue weighted by Gasteiger charge is -2.16. The van der Waals surface area contributed by atoms with E-state index in [9.17, 15) is 19.8 Å². The standard InChI is InChI=1S/C42H42N8O4/c1-5-25(3)29-19-31(39(51)37(21-29)49-45-33-11-7-8-12-34(33)46-49)23-43-41(53)27-15-17-28(18-16-27)42(54)44-24-32-20-30(26(4)6-2)22-38(40(32)52)50-47-35-13-9-10-14-36(35)48-50/h7-22,25-26,51-52H,5-6,23-24H2,1-4H3,(H,43,53)(H,44,54). The van der Waals surface area contributed by atoms with Crippen molar-refractivity contribution in [1.82, 2.24) is 40.6 Å². The van der Waals surface area contributed by atoms with Crippen LogP contribution < -0.4 is 10.6 Å². The zero-order chi connectivity index (χ0) is 37.9. The Balaban J connectivity index is 1.05. The Morgan fingerprint density at radius 2 is 0.907 bits per heavy atom. The average Bonchev–Trinajstić information content (AvgIpc) is 3.84. The zero-order valence-electron chi connectivity index (χ0n) is 30.6. The zero-order valence-corrected chi connectivity index (χ0v) is 30.6. The lowest BCUT2D eigenvalue weighted by atomic mass is 9.95. The lowest BCUT2D eigenvalue weighted by molar-refractivity contribution is 0.0939. The maximum Gasteiger partial charge on any atom is 0.251 e. The van der Waals surface area contributed by atoms with Crippen molar-refractivity contribution in [2.24, 2.45) is 0 Å². The highest BCUT2D eigenvalue weighted by Crippen LogP contribution is 2.34. The smallest absolute Gasteiger partial charge is 0.251 e. The lowest BCUT2D eigenvalue weighted by Crippen LogP contribution is -2.25. The van der Waals surface area contributed by atoms with Gasteiger partial charge in [0.05, 0.1) is 0 Å². The Bertz CT molecular complexity index is 2250. The minimum Gasteiger partial charge on any atom is -0.505 e. The minimum absolute atomic E-state index is 0.0168. The first kappa shape index (κ1) is 35.8. The molecule has 12 nitrogen and oxygen atoms in total. The number of nitrogens with one attached hydrogen (secondary N) is 2. The van der Waals surface area contributed by atoms with Gasteiger partial charge in [-0.2, -0.15) is 0 Å². The van der Waals surface area contributed by atoms with E-state index in [0.717, 1.165) is 24.0 Å². The molecule has 0 radical (unpaired) electrons. The topological polar surface area (TPSA) is 160 Å². The van der Waals surface area contributed by atoms with Crippen molar-refractivity contribution in [2.45, 2.75) is 65.5 Å². The van der Waals surface area contributed by atoms with Gasteiger partial charge in [0.25, 0.3) is 11.8 Å². The maximum atomic E-state index is 13.3. The van der Waals surface area contributed by atoms with Gasteiger partial charge < -0.3 is 20.8 Å². The van der Waals surface area contributed by atoms with Crippen LogP contribution in [0.5, 0.6) is 11.5 Å². The first-order valence-electron chi connectivity index (χ1n) is 18.2. The van der Waals surface area contributed by atoms with E-state index in [-0.39, 0.29) is 48.2 Å². The van der Waals surface area contributed by atoms with Crippen molar-refractivity contribution in [3.63, 3.8) is 0 Å². The van der Waals surface area contributed by atoms with Crippen molar-refractivity contribution in [3.8, 4) is 22.9 Å². The predicted molar refractivity (Wildman–Crippen MR) is 207 cm³/mol. The molecule has 0 aliphatic heterocycles. The van der Waals surface area contributed by atoms with E-state index < -0.39 is 0 Å². The number of nitrogens with zero attached hydrogens (tertiary/aromatic N) is 6. The second-order valence-corrected chi connectivity index (χ2v) is 13.6. The predicted octanol–water partition coefficient (Wildman–Crippen LogP) is 7.45. The van der Waals surface area contributed by atoms with E-state index in [2.05, 4.69) is 58.7 Å². The number of fused-ring (bicyclic) bond motifs is 2. The van der Waals surface area contributed by atoms with Gasteiger partial charge >= 0.3 is 0 Å². The number of carbonyl (C=O) groups is 2. The van der Waals surface area contributed by atoms with Gasteiger partial charge in [0, 0.05) is 35.3 Å². The third-order valence-electron chi connectivity index (χ3n) is 10.0. The summed E-state index contributed by atoms with van der Waals surface area (Å²) in [5.41, 5.74) is 7.47. The van der Waals surface area contributed by atoms with Crippen LogP contribution in [0.3, 0.4) is 0 Å². The molecule has 0 aliphatic rings. The molecule has 2 atom stereocenters. The van der Waals surface area contributed by atoms with Gasteiger partial charge in [0.1, 0.15) is 44.9 Å². The van der Waals surface area contributed by atoms with Crippen molar-refractivity contribution >= 4 is 33.9 Å². The van der Waals surface area contributed by atoms with E-state index in [0.29, 0.717) is 55.7 Å². The number of amides is 2. The molecule has 5 aromatic carbocycles. The molecular formula is C42H42N8O4. The number of phenolic OH excluding ortho intramolecular Hbond substituents is 2. The molecule has 274 valence electrons. The van der Waals surface area contributed by atoms with E-state index in [4.69, 9.17) is 0 Å². The molecule has 2 heterocycles. The van der Waals surface area contributed by atoms with Crippen LogP contribution in [-0.4, -0.2) is 52.0 Å². The van der Waals surface area contributed by atoms with Crippen LogP contribution in [0.4, 0.5) is 0 Å². The molecule has 0 saturated carbocycles. The third-order valence-corrected chi connectivity index (χ3v) is 10.0. The van der Waals surface area contributed by atoms with E-state index in [1.165, 1.54) is 9.59 Å². The molecule has 0 bridgehead atoms. The summed E-state index contributed by atoms with van der Waals surface area (Å²) in [6, 6.07) is 28.9. The number of carbonyl (C=O) groups excluding carboxylic acids is 2. The largest absolute Gasteiger partial charge is 0.505 e. The van der Waals surface area contributed by atoms with Crippen molar-refractivity contribution in [3.05, 3.63) is 130 Å². The molecule has 7 rings (SSSR count). The summed E-state index contributed by atoms with van der Waals surface area (Å²) < 4.78 is 0. The van der Waals surface area contributed by atoms with Gasteiger partial charge in [-0.1, -0.05) is 52.0 Å². The molecular weight excluding hydrogens is 681 g/mol. The number of aromatic hydroxyl groups is 2. The second kappa shape index (κ2) is 15.2. The summed E-state index contributed by atoms with van der Waals surface area (Å²) in [6.45, 7) is 8.53. The molecule has 2 amide bonds. The molecule has 0 aliphatic carbocycles. The Morgan fingerprint density at radius 1 is 0.574 bits per heavy atom. The van der Waals surface area contributed by atoms with Gasteiger partial charge in [-0.05, 0) is 109 Å². The Kier molecular flexibility index (Phi) is 10.1. The van der Waals surface area contributed by atoms with Crippen LogP contribution in [0, 0.1) is 0 Å². The Morgan fingerprint density at radius 3 is 1.22 bits per heavy atom. The highest BCUT2D eigenvalue weighted by Gasteiger charge is 2.20. The van der Waals surface area contributed by atoms with Gasteiger partial charge in [-0.15, -0.1) is 30.0 Å². The molecule has 12 heteroatoms. The summed E-state index contributed by atoms with van der Waals surface area (Å²) in [5.74, 6) is -0.357. The van der Waals surface area contributed by atoms with Gasteiger partial charge in [0.15, 0.2) is 0 Å². The Hall–Kier alpha value is -6.56. The van der Waals surface area contributed by atoms with Gasteiger partial charge in [0.2, 0.25) is 0 Å². The summed E-state index contributed by atoms with van der Waals surface area (Å²) >= 11 is 0. The summed E-state index contributed by atoms with van der Waals surface area (Å²) in [6.07, 6.45) is 1.77. The van der Waals surface area contributed by atoms with Crippen LogP contribution >= 0.6 is 0 Å². The maximum absolute atomic E-state index is 13.3. The number of hydrogen-bond donors (Lipinski definition) is 4. The number of hydrogen-bond acceptors (Lipinski definition) is 8. The molecule has 0 spiro atoms. The number of rotatable bonds is 12. The van der Waals surface area contributed by atoms with E-state index in [1.807, 2.05) is 72.8 Å². The van der Waals surface area contributed by atoms with Crippen molar-refractivity contribution in [2.75, 3.05) is 0 Å². The van der Waals surface area contributed by atoms with Crippen molar-refractivity contribution < 1.29 is 19.8 Å². The molecule has 54 heavy (non-hydrogen) atoms. The fraction of sp³-hybridized carbons (Fsp3) is 0.238. The summed E-state index contributed by atoms with van der Waals surface area (Å²) in [5, 5.41) is 46.7. The first-order chi connectivity index (χ1) is 26.1. The second-order valence-electron chi connectivity index (χ2n) is 13.6. The molecule has 4 N–H and O–H groups in total. The highest BCUT2D eigenvalue weighted by molar-refractivity contribution is 5.97. The van der Waals surface area contributed by atoms with E-state index in [1.54, 1.807) is 24.3 Å². The van der Waals surface area contributed by atoms with Crippen LogP contribution in [-0.2, 0) is 13.1 Å². The van der Waals surface area contributed by atoms with Crippen LogP contribution in [0.1, 0.15) is 95.3 Å². The van der Waals surface area contributed by atoms with Crippen LogP contribution in [0.25, 0.3) is 33.4 Å². The fourth-order valence-corrected chi connectivity index (χ4v) is 6.28. The SMILES string of the molecule is CCC(C)c1cc(CNC(=O)c2ccc(C(=O)NCc3cc(C(C)CC)cc(-n4nc5ccccc5n4)c3O)cc2)c(O)c(-n2nc3ccccc3n2)c1. The summed E-state index contributed by atoms with van der Waals surface area (Å²) in [4.78, 5) is 29.4. The molecule has 7 aromatic rings. The van der Waals surface area contributed by atoms with Crippen LogP contribution in [0.15, 0.2) is 97.1 Å². The molecule has 2 aromatic heterocycles. The fourth-order valence-electron chi connectivity index (χ4n) is 6.28. The monoisotopic (exact) mass is 722 g/mol. The number of benzene rings is 5. The molecule has 0 saturated heterocycles. The average molecular weight is 723 g/mol. The normalized spacial score (nSPS) is 12.5. The van der Waals surface area contributed by atoms with Gasteiger partial charge in [-0.3, -0.25) is 9.59 Å². The van der Waals surface area contributed by atoms with Crippen molar-refractivity contribution in [1.29, 1.82) is 0 Å². The number of phenols is 2. The van der Waals surface area contributed by atoms with Crippen LogP contribution in [0.2, 0.25) is 0 Å². The summed E-state index contributed by atoms with van der Waals surface area (Å²) in [7, 11) is 0. The van der Waals surface area contributed by atoms with E-state index >= 15 is 0 Å². The Labute approximate surface area is 312 Å². The number of aromatic nitrogens is 6.